The number of methoxy groups -OCH3 is 1. The molecule has 2 aliphatic rings. The predicted molar refractivity (Wildman–Crippen MR) is 121 cm³/mol. The maximum absolute atomic E-state index is 11.8. The van der Waals surface area contributed by atoms with Gasteiger partial charge in [-0.3, -0.25) is 14.7 Å². The third kappa shape index (κ3) is 5.97. The molecule has 6 heteroatoms. The van der Waals surface area contributed by atoms with E-state index in [0.717, 1.165) is 45.0 Å². The lowest BCUT2D eigenvalue weighted by Gasteiger charge is -2.33. The molecule has 6 nitrogen and oxygen atoms in total. The summed E-state index contributed by atoms with van der Waals surface area (Å²) >= 11 is 0. The summed E-state index contributed by atoms with van der Waals surface area (Å²) in [6, 6.07) is 9.43. The highest BCUT2D eigenvalue weighted by atomic mass is 16.5. The van der Waals surface area contributed by atoms with Gasteiger partial charge in [-0.25, -0.2) is 0 Å². The van der Waals surface area contributed by atoms with Crippen LogP contribution in [0.1, 0.15) is 56.1 Å². The number of carbonyl (C=O) groups excluding carboxylic acids is 1. The Morgan fingerprint density at radius 3 is 2.43 bits per heavy atom. The smallest absolute Gasteiger partial charge is 0.308 e. The predicted octanol–water partition coefficient (Wildman–Crippen LogP) is 3.41. The summed E-state index contributed by atoms with van der Waals surface area (Å²) in [7, 11) is 5.57. The fourth-order valence-corrected chi connectivity index (χ4v) is 4.80. The zero-order valence-corrected chi connectivity index (χ0v) is 18.9. The molecule has 0 radical (unpaired) electrons. The molecule has 0 atom stereocenters. The van der Waals surface area contributed by atoms with Crippen LogP contribution in [0.25, 0.3) is 0 Å². The number of nitrogens with zero attached hydrogens (tertiary/aromatic N) is 3. The maximum Gasteiger partial charge on any atom is 0.308 e. The molecule has 1 saturated heterocycles. The average Bonchev–Trinajstić information content (AvgIpc) is 2.81. The molecule has 1 heterocycles. The molecule has 1 aliphatic heterocycles. The number of likely N-dealkylation sites (tertiary alicyclic amines) is 1. The molecule has 1 saturated carbocycles. The molecule has 166 valence electrons. The van der Waals surface area contributed by atoms with E-state index in [1.807, 2.05) is 7.05 Å². The van der Waals surface area contributed by atoms with Gasteiger partial charge in [-0.15, -0.1) is 0 Å². The van der Waals surface area contributed by atoms with Crippen molar-refractivity contribution in [3.8, 4) is 0 Å². The largest absolute Gasteiger partial charge is 0.469 e. The number of piperidine rings is 1. The zero-order valence-electron chi connectivity index (χ0n) is 18.9. The molecule has 1 aromatic rings. The van der Waals surface area contributed by atoms with E-state index in [2.05, 4.69) is 51.4 Å². The number of carbonyl (C=O) groups is 1. The third-order valence-corrected chi connectivity index (χ3v) is 6.71. The minimum absolute atomic E-state index is 0.0143. The Bertz CT molecular complexity index is 707. The molecule has 1 N–H and O–H groups in total. The van der Waals surface area contributed by atoms with E-state index in [4.69, 9.17) is 4.74 Å². The van der Waals surface area contributed by atoms with Gasteiger partial charge in [-0.05, 0) is 43.9 Å². The molecular weight excluding hydrogens is 376 g/mol. The lowest BCUT2D eigenvalue weighted by atomic mass is 9.94. The minimum Gasteiger partial charge on any atom is -0.469 e. The number of hydrogen-bond donors (Lipinski definition) is 1. The van der Waals surface area contributed by atoms with Crippen LogP contribution < -0.4 is 5.32 Å². The van der Waals surface area contributed by atoms with Gasteiger partial charge in [0.15, 0.2) is 5.96 Å². The number of aliphatic imine (C=N–C) groups is 1. The first-order chi connectivity index (χ1) is 14.6. The van der Waals surface area contributed by atoms with Gasteiger partial charge in [0.1, 0.15) is 0 Å². The quantitative estimate of drug-likeness (QED) is 0.439. The maximum atomic E-state index is 11.8. The second-order valence-corrected chi connectivity index (χ2v) is 8.66. The topological polar surface area (TPSA) is 57.2 Å². The summed E-state index contributed by atoms with van der Waals surface area (Å²) in [5.41, 5.74) is 2.71. The fraction of sp³-hybridized carbons (Fsp3) is 0.667. The van der Waals surface area contributed by atoms with Gasteiger partial charge in [0.2, 0.25) is 0 Å². The van der Waals surface area contributed by atoms with Gasteiger partial charge < -0.3 is 15.0 Å². The van der Waals surface area contributed by atoms with Crippen molar-refractivity contribution >= 4 is 11.9 Å². The summed E-state index contributed by atoms with van der Waals surface area (Å²) in [6.07, 6.45) is 8.39. The van der Waals surface area contributed by atoms with Gasteiger partial charge >= 0.3 is 5.97 Å². The number of esters is 1. The van der Waals surface area contributed by atoms with Crippen LogP contribution >= 0.6 is 0 Å². The highest BCUT2D eigenvalue weighted by Gasteiger charge is 2.27. The number of hydrogen-bond acceptors (Lipinski definition) is 4. The molecule has 2 fully saturated rings. The summed E-state index contributed by atoms with van der Waals surface area (Å²) in [6.45, 7) is 3.40. The van der Waals surface area contributed by atoms with Crippen molar-refractivity contribution in [1.82, 2.24) is 15.1 Å². The van der Waals surface area contributed by atoms with Crippen LogP contribution in [0.3, 0.4) is 0 Å². The third-order valence-electron chi connectivity index (χ3n) is 6.71. The number of guanidine groups is 1. The molecule has 0 unspecified atom stereocenters. The molecule has 0 bridgehead atoms. The van der Waals surface area contributed by atoms with Crippen molar-refractivity contribution in [1.29, 1.82) is 0 Å². The van der Waals surface area contributed by atoms with Crippen LogP contribution in [0.2, 0.25) is 0 Å². The van der Waals surface area contributed by atoms with Crippen molar-refractivity contribution in [2.24, 2.45) is 10.9 Å². The van der Waals surface area contributed by atoms with Crippen LogP contribution in [-0.2, 0) is 22.6 Å². The van der Waals surface area contributed by atoms with E-state index >= 15 is 0 Å². The van der Waals surface area contributed by atoms with E-state index in [1.165, 1.54) is 50.3 Å². The molecule has 0 amide bonds. The molecular formula is C24H38N4O2. The summed E-state index contributed by atoms with van der Waals surface area (Å²) < 4.78 is 4.90. The second kappa shape index (κ2) is 11.3. The minimum atomic E-state index is -0.0893. The first-order valence-corrected chi connectivity index (χ1v) is 11.4. The summed E-state index contributed by atoms with van der Waals surface area (Å²) in [5.74, 6) is 0.836. The van der Waals surface area contributed by atoms with Crippen molar-refractivity contribution in [3.05, 3.63) is 35.4 Å². The Hall–Kier alpha value is -2.08. The van der Waals surface area contributed by atoms with E-state index < -0.39 is 0 Å². The van der Waals surface area contributed by atoms with E-state index in [-0.39, 0.29) is 11.9 Å². The summed E-state index contributed by atoms with van der Waals surface area (Å²) in [4.78, 5) is 21.0. The monoisotopic (exact) mass is 414 g/mol. The van der Waals surface area contributed by atoms with E-state index in [9.17, 15) is 4.79 Å². The van der Waals surface area contributed by atoms with Gasteiger partial charge in [0.25, 0.3) is 0 Å². The molecule has 30 heavy (non-hydrogen) atoms. The Morgan fingerprint density at radius 1 is 1.13 bits per heavy atom. The molecule has 1 aromatic carbocycles. The Morgan fingerprint density at radius 2 is 1.80 bits per heavy atom. The van der Waals surface area contributed by atoms with Crippen LogP contribution in [-0.4, -0.2) is 62.1 Å². The first kappa shape index (κ1) is 22.6. The number of ether oxygens (including phenoxy) is 1. The van der Waals surface area contributed by atoms with Crippen LogP contribution in [0.5, 0.6) is 0 Å². The van der Waals surface area contributed by atoms with Gasteiger partial charge in [0.05, 0.1) is 13.0 Å². The van der Waals surface area contributed by atoms with Crippen LogP contribution in [0, 0.1) is 5.92 Å². The standard InChI is InChI=1S/C24H38N4O2/c1-25-24(28-15-13-19(14-16-28)23(29)30-3)26-17-20-9-7-8-10-21(20)18-27(2)22-11-5-4-6-12-22/h7-10,19,22H,4-6,11-18H2,1-3H3,(H,25,26). The molecule has 1 aliphatic carbocycles. The molecule has 3 rings (SSSR count). The Labute approximate surface area is 181 Å². The Kier molecular flexibility index (Phi) is 8.55. The van der Waals surface area contributed by atoms with Crippen molar-refractivity contribution in [2.45, 2.75) is 64.1 Å². The Balaban J connectivity index is 1.55. The number of nitrogens with one attached hydrogen (secondary N) is 1. The normalized spacial score (nSPS) is 19.2. The second-order valence-electron chi connectivity index (χ2n) is 8.66. The summed E-state index contributed by atoms with van der Waals surface area (Å²) in [5, 5.41) is 3.55. The molecule has 0 aromatic heterocycles. The van der Waals surface area contributed by atoms with Crippen LogP contribution in [0.15, 0.2) is 29.3 Å². The van der Waals surface area contributed by atoms with Crippen molar-refractivity contribution in [3.63, 3.8) is 0 Å². The zero-order chi connectivity index (χ0) is 21.3. The van der Waals surface area contributed by atoms with Gasteiger partial charge in [0, 0.05) is 39.3 Å². The first-order valence-electron chi connectivity index (χ1n) is 11.4. The molecule has 0 spiro atoms. The lowest BCUT2D eigenvalue weighted by Crippen LogP contribution is -2.46. The van der Waals surface area contributed by atoms with E-state index in [0.29, 0.717) is 6.04 Å². The highest BCUT2D eigenvalue weighted by molar-refractivity contribution is 5.80. The van der Waals surface area contributed by atoms with Crippen LogP contribution in [0.4, 0.5) is 0 Å². The highest BCUT2D eigenvalue weighted by Crippen LogP contribution is 2.24. The SMILES string of the molecule is CN=C(NCc1ccccc1CN(C)C1CCCCC1)N1CCC(C(=O)OC)CC1. The fourth-order valence-electron chi connectivity index (χ4n) is 4.80. The lowest BCUT2D eigenvalue weighted by molar-refractivity contribution is -0.146. The van der Waals surface area contributed by atoms with Crippen molar-refractivity contribution < 1.29 is 9.53 Å². The number of benzene rings is 1. The van der Waals surface area contributed by atoms with Gasteiger partial charge in [-0.1, -0.05) is 43.5 Å². The van der Waals surface area contributed by atoms with Crippen molar-refractivity contribution in [2.75, 3.05) is 34.3 Å². The average molecular weight is 415 g/mol. The van der Waals surface area contributed by atoms with Gasteiger partial charge in [-0.2, -0.15) is 0 Å². The van der Waals surface area contributed by atoms with E-state index in [1.54, 1.807) is 0 Å². The number of rotatable bonds is 6.